The Hall–Kier alpha value is -2.51. The van der Waals surface area contributed by atoms with E-state index in [1.165, 1.54) is 0 Å². The molecule has 152 valence electrons. The number of halogens is 1. The third kappa shape index (κ3) is 4.41. The molecule has 29 heavy (non-hydrogen) atoms. The summed E-state index contributed by atoms with van der Waals surface area (Å²) in [6, 6.07) is 13.4. The van der Waals surface area contributed by atoms with Gasteiger partial charge in [0, 0.05) is 26.2 Å². The Morgan fingerprint density at radius 2 is 1.90 bits per heavy atom. The van der Waals surface area contributed by atoms with Crippen molar-refractivity contribution in [1.29, 1.82) is 0 Å². The van der Waals surface area contributed by atoms with Crippen molar-refractivity contribution in [2.24, 2.45) is 0 Å². The quantitative estimate of drug-likeness (QED) is 0.588. The highest BCUT2D eigenvalue weighted by molar-refractivity contribution is 7.22. The van der Waals surface area contributed by atoms with E-state index in [2.05, 4.69) is 4.90 Å². The smallest absolute Gasteiger partial charge is 0.226 e. The monoisotopic (exact) mass is 431 g/mol. The minimum atomic E-state index is 0.123. The number of ether oxygens (including phenoxy) is 2. The topological polar surface area (TPSA) is 54.9 Å². The Morgan fingerprint density at radius 3 is 2.62 bits per heavy atom. The van der Waals surface area contributed by atoms with E-state index >= 15 is 0 Å². The number of carbonyl (C=O) groups excluding carboxylic acids is 1. The maximum Gasteiger partial charge on any atom is 0.226 e. The van der Waals surface area contributed by atoms with E-state index in [4.69, 9.17) is 26.1 Å². The van der Waals surface area contributed by atoms with Crippen molar-refractivity contribution in [3.05, 3.63) is 47.5 Å². The molecule has 0 spiro atoms. The van der Waals surface area contributed by atoms with Crippen LogP contribution in [0.4, 0.5) is 5.13 Å². The van der Waals surface area contributed by atoms with E-state index < -0.39 is 0 Å². The molecular formula is C21H22ClN3O3S. The first-order valence-electron chi connectivity index (χ1n) is 9.49. The summed E-state index contributed by atoms with van der Waals surface area (Å²) in [5.74, 6) is 1.52. The molecule has 1 aromatic heterocycles. The fourth-order valence-electron chi connectivity index (χ4n) is 3.34. The van der Waals surface area contributed by atoms with Gasteiger partial charge < -0.3 is 19.3 Å². The number of amides is 1. The second-order valence-electron chi connectivity index (χ2n) is 6.70. The molecule has 0 unspecified atom stereocenters. The fraction of sp³-hybridized carbons (Fsp3) is 0.333. The highest BCUT2D eigenvalue weighted by Crippen LogP contribution is 2.38. The molecule has 2 aromatic carbocycles. The summed E-state index contributed by atoms with van der Waals surface area (Å²) in [5.41, 5.74) is 0.788. The number of piperazine rings is 1. The number of hydrogen-bond donors (Lipinski definition) is 0. The molecule has 8 heteroatoms. The van der Waals surface area contributed by atoms with Crippen LogP contribution >= 0.6 is 22.9 Å². The number of nitrogens with zero attached hydrogens (tertiary/aromatic N) is 3. The lowest BCUT2D eigenvalue weighted by Crippen LogP contribution is -2.49. The van der Waals surface area contributed by atoms with Crippen molar-refractivity contribution < 1.29 is 14.3 Å². The minimum Gasteiger partial charge on any atom is -0.493 e. The summed E-state index contributed by atoms with van der Waals surface area (Å²) in [5, 5.41) is 1.49. The molecule has 1 amide bonds. The SMILES string of the molecule is COc1c(Cl)ccc2sc(N3CCN(C(=O)CCOc4ccccc4)CC3)nc12. The van der Waals surface area contributed by atoms with Crippen LogP contribution in [0.15, 0.2) is 42.5 Å². The predicted molar refractivity (Wildman–Crippen MR) is 117 cm³/mol. The van der Waals surface area contributed by atoms with Crippen molar-refractivity contribution in [3.8, 4) is 11.5 Å². The average Bonchev–Trinajstić information content (AvgIpc) is 3.19. The van der Waals surface area contributed by atoms with Gasteiger partial charge in [0.15, 0.2) is 10.9 Å². The van der Waals surface area contributed by atoms with E-state index in [0.717, 1.165) is 34.2 Å². The van der Waals surface area contributed by atoms with Gasteiger partial charge in [0.2, 0.25) is 5.91 Å². The van der Waals surface area contributed by atoms with Crippen LogP contribution in [0.25, 0.3) is 10.2 Å². The molecule has 0 N–H and O–H groups in total. The van der Waals surface area contributed by atoms with E-state index in [0.29, 0.717) is 36.9 Å². The van der Waals surface area contributed by atoms with Gasteiger partial charge in [-0.25, -0.2) is 4.98 Å². The fourth-order valence-corrected chi connectivity index (χ4v) is 4.59. The standard InChI is InChI=1S/C21H22ClN3O3S/c1-27-20-16(22)7-8-17-19(20)23-21(29-17)25-12-10-24(11-13-25)18(26)9-14-28-15-5-3-2-4-6-15/h2-8H,9-14H2,1H3. The zero-order chi connectivity index (χ0) is 20.2. The van der Waals surface area contributed by atoms with Crippen LogP contribution in [0.1, 0.15) is 6.42 Å². The van der Waals surface area contributed by atoms with Gasteiger partial charge in [-0.15, -0.1) is 0 Å². The van der Waals surface area contributed by atoms with Crippen LogP contribution in [0.5, 0.6) is 11.5 Å². The van der Waals surface area contributed by atoms with Crippen LogP contribution in [0.3, 0.4) is 0 Å². The molecule has 0 radical (unpaired) electrons. The molecule has 0 saturated carbocycles. The van der Waals surface area contributed by atoms with Crippen LogP contribution in [-0.2, 0) is 4.79 Å². The molecular weight excluding hydrogens is 410 g/mol. The first-order valence-corrected chi connectivity index (χ1v) is 10.7. The van der Waals surface area contributed by atoms with Gasteiger partial charge >= 0.3 is 0 Å². The lowest BCUT2D eigenvalue weighted by Gasteiger charge is -2.34. The number of fused-ring (bicyclic) bond motifs is 1. The Morgan fingerprint density at radius 1 is 1.14 bits per heavy atom. The van der Waals surface area contributed by atoms with Crippen molar-refractivity contribution in [2.75, 3.05) is 44.8 Å². The van der Waals surface area contributed by atoms with Gasteiger partial charge in [-0.1, -0.05) is 41.1 Å². The van der Waals surface area contributed by atoms with Gasteiger partial charge in [0.1, 0.15) is 11.3 Å². The Labute approximate surface area is 178 Å². The number of anilines is 1. The summed E-state index contributed by atoms with van der Waals surface area (Å²) in [6.07, 6.45) is 0.381. The van der Waals surface area contributed by atoms with Gasteiger partial charge in [-0.05, 0) is 24.3 Å². The number of para-hydroxylation sites is 1. The molecule has 1 aliphatic heterocycles. The number of rotatable bonds is 6. The second-order valence-corrected chi connectivity index (χ2v) is 8.12. The zero-order valence-electron chi connectivity index (χ0n) is 16.1. The normalized spacial score (nSPS) is 14.3. The van der Waals surface area contributed by atoms with Gasteiger partial charge in [0.25, 0.3) is 0 Å². The largest absolute Gasteiger partial charge is 0.493 e. The lowest BCUT2D eigenvalue weighted by molar-refractivity contribution is -0.132. The summed E-state index contributed by atoms with van der Waals surface area (Å²) < 4.78 is 12.1. The summed E-state index contributed by atoms with van der Waals surface area (Å²) in [7, 11) is 1.60. The molecule has 2 heterocycles. The minimum absolute atomic E-state index is 0.123. The van der Waals surface area contributed by atoms with E-state index in [-0.39, 0.29) is 5.91 Å². The van der Waals surface area contributed by atoms with Crippen LogP contribution < -0.4 is 14.4 Å². The highest BCUT2D eigenvalue weighted by Gasteiger charge is 2.24. The number of carbonyl (C=O) groups is 1. The van der Waals surface area contributed by atoms with E-state index in [1.54, 1.807) is 18.4 Å². The second kappa shape index (κ2) is 8.88. The number of hydrogen-bond acceptors (Lipinski definition) is 6. The van der Waals surface area contributed by atoms with Crippen LogP contribution in [0, 0.1) is 0 Å². The summed E-state index contributed by atoms with van der Waals surface area (Å²) in [4.78, 5) is 21.3. The molecule has 1 saturated heterocycles. The maximum absolute atomic E-state index is 12.5. The van der Waals surface area contributed by atoms with Crippen molar-refractivity contribution in [2.45, 2.75) is 6.42 Å². The first-order chi connectivity index (χ1) is 14.2. The van der Waals surface area contributed by atoms with E-state index in [9.17, 15) is 4.79 Å². The lowest BCUT2D eigenvalue weighted by atomic mass is 10.3. The zero-order valence-corrected chi connectivity index (χ0v) is 17.7. The van der Waals surface area contributed by atoms with E-state index in [1.807, 2.05) is 47.4 Å². The van der Waals surface area contributed by atoms with Crippen LogP contribution in [-0.4, -0.2) is 55.7 Å². The summed E-state index contributed by atoms with van der Waals surface area (Å²) >= 11 is 7.82. The van der Waals surface area contributed by atoms with Gasteiger partial charge in [-0.3, -0.25) is 4.79 Å². The van der Waals surface area contributed by atoms with Gasteiger partial charge in [0.05, 0.1) is 29.9 Å². The molecule has 6 nitrogen and oxygen atoms in total. The van der Waals surface area contributed by atoms with Crippen molar-refractivity contribution in [1.82, 2.24) is 9.88 Å². The molecule has 1 fully saturated rings. The molecule has 0 bridgehead atoms. The molecule has 4 rings (SSSR count). The Kier molecular flexibility index (Phi) is 6.06. The number of methoxy groups -OCH3 is 1. The van der Waals surface area contributed by atoms with Crippen LogP contribution in [0.2, 0.25) is 5.02 Å². The molecule has 1 aliphatic rings. The molecule has 0 atom stereocenters. The molecule has 3 aromatic rings. The van der Waals surface area contributed by atoms with Gasteiger partial charge in [-0.2, -0.15) is 0 Å². The Bertz CT molecular complexity index is 988. The van der Waals surface area contributed by atoms with Crippen molar-refractivity contribution >= 4 is 44.2 Å². The third-order valence-electron chi connectivity index (χ3n) is 4.89. The number of benzene rings is 2. The highest BCUT2D eigenvalue weighted by atomic mass is 35.5. The first kappa shape index (κ1) is 19.8. The maximum atomic E-state index is 12.5. The third-order valence-corrected chi connectivity index (χ3v) is 6.27. The predicted octanol–water partition coefficient (Wildman–Crippen LogP) is 4.08. The Balaban J connectivity index is 1.32. The van der Waals surface area contributed by atoms with Crippen molar-refractivity contribution in [3.63, 3.8) is 0 Å². The molecule has 0 aliphatic carbocycles. The average molecular weight is 432 g/mol. The summed E-state index contributed by atoms with van der Waals surface area (Å²) in [6.45, 7) is 3.25. The number of thiazole rings is 1. The number of aromatic nitrogens is 1.